The predicted octanol–water partition coefficient (Wildman–Crippen LogP) is 3.58. The molecule has 2 heterocycles. The average Bonchev–Trinajstić information content (AvgIpc) is 3.00. The summed E-state index contributed by atoms with van der Waals surface area (Å²) in [5.74, 6) is 0.985. The molecular formula is C21H28N4O2S. The van der Waals surface area contributed by atoms with E-state index >= 15 is 0 Å². The fraction of sp³-hybridized carbons (Fsp3) is 0.476. The predicted molar refractivity (Wildman–Crippen MR) is 113 cm³/mol. The molecule has 150 valence electrons. The van der Waals surface area contributed by atoms with E-state index in [1.165, 1.54) is 17.7 Å². The number of carbonyl (C=O) groups is 1. The number of anilines is 1. The number of thioether (sulfide) groups is 1. The van der Waals surface area contributed by atoms with Gasteiger partial charge in [-0.1, -0.05) is 25.0 Å². The Kier molecular flexibility index (Phi) is 7.54. The Hall–Kier alpha value is -2.28. The molecule has 6 nitrogen and oxygen atoms in total. The highest BCUT2D eigenvalue weighted by Crippen LogP contribution is 2.19. The number of benzene rings is 1. The van der Waals surface area contributed by atoms with Gasteiger partial charge in [0.25, 0.3) is 5.91 Å². The van der Waals surface area contributed by atoms with Gasteiger partial charge in [-0.3, -0.25) is 4.79 Å². The first-order valence-corrected chi connectivity index (χ1v) is 11.0. The lowest BCUT2D eigenvalue weighted by molar-refractivity contribution is -0.123. The Labute approximate surface area is 171 Å². The molecule has 1 N–H and O–H groups in total. The first-order valence-electron chi connectivity index (χ1n) is 9.77. The van der Waals surface area contributed by atoms with E-state index in [9.17, 15) is 4.79 Å². The van der Waals surface area contributed by atoms with Gasteiger partial charge in [-0.25, -0.2) is 4.98 Å². The molecule has 1 fully saturated rings. The molecule has 1 aliphatic rings. The van der Waals surface area contributed by atoms with Gasteiger partial charge in [-0.05, 0) is 43.7 Å². The van der Waals surface area contributed by atoms with Gasteiger partial charge in [-0.2, -0.15) is 4.98 Å². The van der Waals surface area contributed by atoms with E-state index in [0.29, 0.717) is 18.4 Å². The van der Waals surface area contributed by atoms with Crippen LogP contribution in [0.1, 0.15) is 36.9 Å². The molecule has 1 saturated heterocycles. The molecule has 0 bridgehead atoms. The zero-order valence-corrected chi connectivity index (χ0v) is 17.4. The molecule has 7 heteroatoms. The van der Waals surface area contributed by atoms with Gasteiger partial charge in [0.05, 0.1) is 0 Å². The highest BCUT2D eigenvalue weighted by Gasteiger charge is 2.14. The van der Waals surface area contributed by atoms with Crippen molar-refractivity contribution in [1.29, 1.82) is 0 Å². The monoisotopic (exact) mass is 400 g/mol. The van der Waals surface area contributed by atoms with Crippen molar-refractivity contribution in [3.63, 3.8) is 0 Å². The highest BCUT2D eigenvalue weighted by molar-refractivity contribution is 7.98. The number of aryl methyl sites for hydroxylation is 1. The summed E-state index contributed by atoms with van der Waals surface area (Å²) < 4.78 is 5.64. The van der Waals surface area contributed by atoms with E-state index in [1.54, 1.807) is 17.8 Å². The lowest BCUT2D eigenvalue weighted by Crippen LogP contribution is -2.29. The second kappa shape index (κ2) is 10.3. The summed E-state index contributed by atoms with van der Waals surface area (Å²) in [5.41, 5.74) is 1.91. The Morgan fingerprint density at radius 2 is 1.86 bits per heavy atom. The van der Waals surface area contributed by atoms with E-state index in [0.717, 1.165) is 37.2 Å². The van der Waals surface area contributed by atoms with Crippen LogP contribution in [0.15, 0.2) is 35.2 Å². The fourth-order valence-electron chi connectivity index (χ4n) is 3.15. The minimum absolute atomic E-state index is 0.0568. The van der Waals surface area contributed by atoms with Gasteiger partial charge < -0.3 is 15.0 Å². The maximum atomic E-state index is 12.1. The first-order chi connectivity index (χ1) is 13.6. The molecule has 0 spiro atoms. The number of hydrogen-bond donors (Lipinski definition) is 1. The van der Waals surface area contributed by atoms with Gasteiger partial charge in [0.2, 0.25) is 11.8 Å². The molecular weight excluding hydrogens is 372 g/mol. The Morgan fingerprint density at radius 1 is 1.14 bits per heavy atom. The average molecular weight is 401 g/mol. The molecule has 3 rings (SSSR count). The van der Waals surface area contributed by atoms with Crippen LogP contribution in [-0.2, 0) is 11.3 Å². The van der Waals surface area contributed by atoms with Crippen molar-refractivity contribution >= 4 is 23.6 Å². The van der Waals surface area contributed by atoms with Crippen molar-refractivity contribution < 1.29 is 9.53 Å². The molecule has 0 unspecified atom stereocenters. The van der Waals surface area contributed by atoms with Crippen LogP contribution in [0.25, 0.3) is 0 Å². The molecule has 1 aliphatic heterocycles. The Bertz CT molecular complexity index is 774. The van der Waals surface area contributed by atoms with Gasteiger partial charge in [-0.15, -0.1) is 11.8 Å². The SMILES string of the molecule is CSc1ccc(CNC(=O)COc2cc(C)nc(N3CCCCCC3)n2)cc1. The molecule has 1 aromatic heterocycles. The van der Waals surface area contributed by atoms with E-state index in [-0.39, 0.29) is 12.5 Å². The van der Waals surface area contributed by atoms with Crippen LogP contribution in [-0.4, -0.2) is 41.8 Å². The number of ether oxygens (including phenoxy) is 1. The number of amides is 1. The third-order valence-corrected chi connectivity index (χ3v) is 5.45. The number of nitrogens with zero attached hydrogens (tertiary/aromatic N) is 3. The molecule has 0 saturated carbocycles. The van der Waals surface area contributed by atoms with Crippen LogP contribution in [0, 0.1) is 6.92 Å². The number of carbonyl (C=O) groups excluding carboxylic acids is 1. The summed E-state index contributed by atoms with van der Waals surface area (Å²) in [6.45, 7) is 4.29. The van der Waals surface area contributed by atoms with Crippen LogP contribution in [0.3, 0.4) is 0 Å². The molecule has 0 radical (unpaired) electrons. The first kappa shape index (κ1) is 20.5. The maximum absolute atomic E-state index is 12.1. The third-order valence-electron chi connectivity index (χ3n) is 4.71. The largest absolute Gasteiger partial charge is 0.467 e. The van der Waals surface area contributed by atoms with Crippen molar-refractivity contribution in [3.8, 4) is 5.88 Å². The molecule has 0 atom stereocenters. The van der Waals surface area contributed by atoms with Crippen LogP contribution in [0.2, 0.25) is 0 Å². The Balaban J connectivity index is 1.52. The van der Waals surface area contributed by atoms with Crippen LogP contribution in [0.5, 0.6) is 5.88 Å². The lowest BCUT2D eigenvalue weighted by Gasteiger charge is -2.21. The van der Waals surface area contributed by atoms with Gasteiger partial charge in [0.15, 0.2) is 6.61 Å². The smallest absolute Gasteiger partial charge is 0.258 e. The summed E-state index contributed by atoms with van der Waals surface area (Å²) in [6.07, 6.45) is 6.88. The fourth-order valence-corrected chi connectivity index (χ4v) is 3.55. The third kappa shape index (κ3) is 6.12. The lowest BCUT2D eigenvalue weighted by atomic mass is 10.2. The number of hydrogen-bond acceptors (Lipinski definition) is 6. The zero-order valence-electron chi connectivity index (χ0n) is 16.6. The zero-order chi connectivity index (χ0) is 19.8. The normalized spacial score (nSPS) is 14.4. The van der Waals surface area contributed by atoms with Crippen molar-refractivity contribution in [2.75, 3.05) is 30.9 Å². The summed E-state index contributed by atoms with van der Waals surface area (Å²) in [7, 11) is 0. The number of aromatic nitrogens is 2. The molecule has 28 heavy (non-hydrogen) atoms. The number of nitrogens with one attached hydrogen (secondary N) is 1. The molecule has 1 aromatic carbocycles. The van der Waals surface area contributed by atoms with E-state index in [2.05, 4.69) is 32.3 Å². The molecule has 2 aromatic rings. The summed E-state index contributed by atoms with van der Waals surface area (Å²) in [5, 5.41) is 2.88. The summed E-state index contributed by atoms with van der Waals surface area (Å²) >= 11 is 1.70. The Morgan fingerprint density at radius 3 is 2.54 bits per heavy atom. The van der Waals surface area contributed by atoms with E-state index in [1.807, 2.05) is 25.3 Å². The van der Waals surface area contributed by atoms with E-state index in [4.69, 9.17) is 4.74 Å². The second-order valence-electron chi connectivity index (χ2n) is 6.96. The van der Waals surface area contributed by atoms with Crippen molar-refractivity contribution in [2.45, 2.75) is 44.0 Å². The maximum Gasteiger partial charge on any atom is 0.258 e. The topological polar surface area (TPSA) is 67.3 Å². The summed E-state index contributed by atoms with van der Waals surface area (Å²) in [4.78, 5) is 24.6. The number of rotatable bonds is 7. The van der Waals surface area contributed by atoms with Gasteiger partial charge in [0.1, 0.15) is 0 Å². The van der Waals surface area contributed by atoms with Crippen molar-refractivity contribution in [2.24, 2.45) is 0 Å². The van der Waals surface area contributed by atoms with Crippen LogP contribution in [0.4, 0.5) is 5.95 Å². The summed E-state index contributed by atoms with van der Waals surface area (Å²) in [6, 6.07) is 9.92. The van der Waals surface area contributed by atoms with E-state index < -0.39 is 0 Å². The van der Waals surface area contributed by atoms with Crippen molar-refractivity contribution in [3.05, 3.63) is 41.6 Å². The standard InChI is InChI=1S/C21H28N4O2S/c1-16-13-20(24-21(23-16)25-11-5-3-4-6-12-25)27-15-19(26)22-14-17-7-9-18(28-2)10-8-17/h7-10,13H,3-6,11-12,14-15H2,1-2H3,(H,22,26). The highest BCUT2D eigenvalue weighted by atomic mass is 32.2. The quantitative estimate of drug-likeness (QED) is 0.717. The van der Waals surface area contributed by atoms with Crippen molar-refractivity contribution in [1.82, 2.24) is 15.3 Å². The van der Waals surface area contributed by atoms with Gasteiger partial charge in [0, 0.05) is 36.3 Å². The van der Waals surface area contributed by atoms with Crippen LogP contribution < -0.4 is 15.0 Å². The van der Waals surface area contributed by atoms with Crippen LogP contribution >= 0.6 is 11.8 Å². The second-order valence-corrected chi connectivity index (χ2v) is 7.84. The minimum atomic E-state index is -0.165. The van der Waals surface area contributed by atoms with Gasteiger partial charge >= 0.3 is 0 Å². The molecule has 0 aliphatic carbocycles. The minimum Gasteiger partial charge on any atom is -0.467 e. The molecule has 1 amide bonds.